The predicted octanol–water partition coefficient (Wildman–Crippen LogP) is 5.90. The van der Waals surface area contributed by atoms with Gasteiger partial charge in [-0.1, -0.05) is 77.8 Å². The van der Waals surface area contributed by atoms with Crippen molar-refractivity contribution < 1.29 is 12.6 Å². The van der Waals surface area contributed by atoms with Crippen molar-refractivity contribution in [1.29, 1.82) is 0 Å². The molecule has 1 aromatic carbocycles. The van der Waals surface area contributed by atoms with E-state index < -0.39 is 10.1 Å². The normalized spacial score (nSPS) is 14.5. The van der Waals surface area contributed by atoms with Gasteiger partial charge in [-0.05, 0) is 36.0 Å². The number of hydrogen-bond acceptors (Lipinski definition) is 3. The molecule has 0 fully saturated rings. The van der Waals surface area contributed by atoms with Gasteiger partial charge in [-0.15, -0.1) is 0 Å². The molecule has 0 bridgehead atoms. The Kier molecular flexibility index (Phi) is 9.60. The van der Waals surface area contributed by atoms with Crippen molar-refractivity contribution in [3.8, 4) is 0 Å². The van der Waals surface area contributed by atoms with Gasteiger partial charge in [0, 0.05) is 0 Å². The molecule has 0 spiro atoms. The molecule has 0 aromatic heterocycles. The quantitative estimate of drug-likeness (QED) is 0.346. The second kappa shape index (κ2) is 10.9. The zero-order valence-corrected chi connectivity index (χ0v) is 16.6. The summed E-state index contributed by atoms with van der Waals surface area (Å²) in [4.78, 5) is 0.223. The van der Waals surface area contributed by atoms with E-state index in [0.29, 0.717) is 11.8 Å². The molecule has 0 aliphatic rings. The van der Waals surface area contributed by atoms with Crippen molar-refractivity contribution in [2.24, 2.45) is 5.92 Å². The summed E-state index contributed by atoms with van der Waals surface area (Å²) < 4.78 is 27.8. The molecule has 2 unspecified atom stereocenters. The van der Waals surface area contributed by atoms with E-state index >= 15 is 0 Å². The van der Waals surface area contributed by atoms with E-state index in [1.807, 2.05) is 12.1 Å². The smallest absolute Gasteiger partial charge is 0.270 e. The molecule has 0 aliphatic heterocycles. The lowest BCUT2D eigenvalue weighted by atomic mass is 9.88. The molecule has 0 saturated heterocycles. The number of benzene rings is 1. The van der Waals surface area contributed by atoms with Crippen LogP contribution < -0.4 is 0 Å². The molecule has 0 heterocycles. The highest BCUT2D eigenvalue weighted by Crippen LogP contribution is 2.27. The Morgan fingerprint density at radius 2 is 1.54 bits per heavy atom. The van der Waals surface area contributed by atoms with Gasteiger partial charge < -0.3 is 0 Å². The van der Waals surface area contributed by atoms with Crippen molar-refractivity contribution in [2.45, 2.75) is 83.0 Å². The summed E-state index contributed by atoms with van der Waals surface area (Å²) in [5, 5.41) is 0. The first kappa shape index (κ1) is 21.2. The molecule has 0 saturated carbocycles. The summed E-state index contributed by atoms with van der Waals surface area (Å²) >= 11 is 0. The lowest BCUT2D eigenvalue weighted by molar-refractivity contribution is 0.397. The molecule has 1 rings (SSSR count). The molecule has 2 atom stereocenters. The average molecular weight is 355 g/mol. The van der Waals surface area contributed by atoms with E-state index in [1.54, 1.807) is 12.1 Å². The Balaban J connectivity index is 2.40. The van der Waals surface area contributed by atoms with Gasteiger partial charge in [0.05, 0.1) is 12.0 Å². The fraction of sp³-hybridized carbons (Fsp3) is 0.700. The van der Waals surface area contributed by atoms with Crippen molar-refractivity contribution in [1.82, 2.24) is 0 Å². The standard InChI is InChI=1S/C20H34O3S/c1-5-6-7-8-9-10-11-17(2)16-18(3)19-12-14-20(15-13-19)24(21,22)23-4/h12-15,17-18H,5-11,16H2,1-4H3. The summed E-state index contributed by atoms with van der Waals surface area (Å²) in [7, 11) is -2.40. The molecule has 0 N–H and O–H groups in total. The fourth-order valence-electron chi connectivity index (χ4n) is 3.19. The van der Waals surface area contributed by atoms with Crippen LogP contribution in [0.2, 0.25) is 0 Å². The Morgan fingerprint density at radius 3 is 2.12 bits per heavy atom. The van der Waals surface area contributed by atoms with Gasteiger partial charge in [0.15, 0.2) is 0 Å². The first-order valence-corrected chi connectivity index (χ1v) is 10.7. The minimum Gasteiger partial charge on any atom is -0.270 e. The minimum absolute atomic E-state index is 0.223. The van der Waals surface area contributed by atoms with E-state index in [0.717, 1.165) is 6.42 Å². The first-order valence-electron chi connectivity index (χ1n) is 9.31. The lowest BCUT2D eigenvalue weighted by Gasteiger charge is -2.18. The second-order valence-corrected chi connectivity index (χ2v) is 8.70. The van der Waals surface area contributed by atoms with Crippen molar-refractivity contribution in [3.63, 3.8) is 0 Å². The van der Waals surface area contributed by atoms with E-state index in [2.05, 4.69) is 25.0 Å². The van der Waals surface area contributed by atoms with Crippen LogP contribution in [-0.4, -0.2) is 15.5 Å². The number of rotatable bonds is 12. The highest BCUT2D eigenvalue weighted by atomic mass is 32.2. The van der Waals surface area contributed by atoms with Gasteiger partial charge in [-0.3, -0.25) is 4.18 Å². The van der Waals surface area contributed by atoms with Crippen LogP contribution in [0.5, 0.6) is 0 Å². The second-order valence-electron chi connectivity index (χ2n) is 6.99. The minimum atomic E-state index is -3.59. The molecular weight excluding hydrogens is 320 g/mol. The third-order valence-corrected chi connectivity index (χ3v) is 6.05. The maximum Gasteiger partial charge on any atom is 0.296 e. The Hall–Kier alpha value is -0.870. The van der Waals surface area contributed by atoms with Gasteiger partial charge in [0.1, 0.15) is 0 Å². The van der Waals surface area contributed by atoms with E-state index in [9.17, 15) is 8.42 Å². The maximum absolute atomic E-state index is 11.7. The van der Waals surface area contributed by atoms with Gasteiger partial charge >= 0.3 is 0 Å². The highest BCUT2D eigenvalue weighted by molar-refractivity contribution is 7.86. The third kappa shape index (κ3) is 7.35. The zero-order chi connectivity index (χ0) is 18.0. The summed E-state index contributed by atoms with van der Waals surface area (Å²) in [6, 6.07) is 7.11. The van der Waals surface area contributed by atoms with Crippen LogP contribution in [0.25, 0.3) is 0 Å². The molecule has 4 heteroatoms. The van der Waals surface area contributed by atoms with E-state index in [1.165, 1.54) is 57.6 Å². The Bertz CT molecular complexity index is 549. The molecule has 0 amide bonds. The average Bonchev–Trinajstić information content (AvgIpc) is 2.58. The van der Waals surface area contributed by atoms with Crippen molar-refractivity contribution in [3.05, 3.63) is 29.8 Å². The van der Waals surface area contributed by atoms with Crippen LogP contribution in [0.4, 0.5) is 0 Å². The summed E-state index contributed by atoms with van der Waals surface area (Å²) in [6.45, 7) is 6.80. The van der Waals surface area contributed by atoms with Gasteiger partial charge in [-0.25, -0.2) is 0 Å². The Labute approximate surface area is 148 Å². The number of hydrogen-bond donors (Lipinski definition) is 0. The van der Waals surface area contributed by atoms with Crippen molar-refractivity contribution in [2.75, 3.05) is 7.11 Å². The van der Waals surface area contributed by atoms with Crippen LogP contribution in [0.1, 0.15) is 83.6 Å². The van der Waals surface area contributed by atoms with E-state index in [-0.39, 0.29) is 4.90 Å². The molecule has 1 aromatic rings. The molecule has 138 valence electrons. The lowest BCUT2D eigenvalue weighted by Crippen LogP contribution is -2.05. The maximum atomic E-state index is 11.7. The fourth-order valence-corrected chi connectivity index (χ4v) is 3.85. The summed E-state index contributed by atoms with van der Waals surface area (Å²) in [5.41, 5.74) is 1.19. The predicted molar refractivity (Wildman–Crippen MR) is 101 cm³/mol. The molecule has 0 aliphatic carbocycles. The van der Waals surface area contributed by atoms with Crippen LogP contribution in [0.3, 0.4) is 0 Å². The van der Waals surface area contributed by atoms with Gasteiger partial charge in [0.2, 0.25) is 0 Å². The number of unbranched alkanes of at least 4 members (excludes halogenated alkanes) is 5. The molecular formula is C20H34O3S. The van der Waals surface area contributed by atoms with Crippen LogP contribution in [-0.2, 0) is 14.3 Å². The first-order chi connectivity index (χ1) is 11.4. The topological polar surface area (TPSA) is 43.4 Å². The summed E-state index contributed by atoms with van der Waals surface area (Å²) in [5.74, 6) is 1.15. The van der Waals surface area contributed by atoms with Crippen LogP contribution in [0, 0.1) is 5.92 Å². The zero-order valence-electron chi connectivity index (χ0n) is 15.8. The van der Waals surface area contributed by atoms with Crippen LogP contribution >= 0.6 is 0 Å². The third-order valence-electron chi connectivity index (χ3n) is 4.76. The van der Waals surface area contributed by atoms with Gasteiger partial charge in [-0.2, -0.15) is 8.42 Å². The monoisotopic (exact) mass is 354 g/mol. The largest absolute Gasteiger partial charge is 0.296 e. The Morgan fingerprint density at radius 1 is 0.958 bits per heavy atom. The summed E-state index contributed by atoms with van der Waals surface area (Å²) in [6.07, 6.45) is 10.5. The van der Waals surface area contributed by atoms with Gasteiger partial charge in [0.25, 0.3) is 10.1 Å². The highest BCUT2D eigenvalue weighted by Gasteiger charge is 2.15. The van der Waals surface area contributed by atoms with E-state index in [4.69, 9.17) is 0 Å². The van der Waals surface area contributed by atoms with Crippen molar-refractivity contribution >= 4 is 10.1 Å². The molecule has 0 radical (unpaired) electrons. The molecule has 3 nitrogen and oxygen atoms in total. The van der Waals surface area contributed by atoms with Crippen LogP contribution in [0.15, 0.2) is 29.2 Å². The SMILES string of the molecule is CCCCCCCCC(C)CC(C)c1ccc(S(=O)(=O)OC)cc1. The molecule has 24 heavy (non-hydrogen) atoms.